The lowest BCUT2D eigenvalue weighted by Crippen LogP contribution is -2.24. The van der Waals surface area contributed by atoms with Gasteiger partial charge in [-0.25, -0.2) is 0 Å². The molecule has 1 fully saturated rings. The van der Waals surface area contributed by atoms with Gasteiger partial charge in [0.05, 0.1) is 6.10 Å². The van der Waals surface area contributed by atoms with Crippen LogP contribution in [0, 0.1) is 5.92 Å². The first-order chi connectivity index (χ1) is 9.04. The highest BCUT2D eigenvalue weighted by atomic mass is 16.5. The lowest BCUT2D eigenvalue weighted by Gasteiger charge is -2.24. The monoisotopic (exact) mass is 262 g/mol. The van der Waals surface area contributed by atoms with Crippen LogP contribution in [-0.4, -0.2) is 19.2 Å². The number of hydrogen-bond acceptors (Lipinski definition) is 3. The highest BCUT2D eigenvalue weighted by molar-refractivity contribution is 5.60. The number of rotatable bonds is 3. The molecule has 0 bridgehead atoms. The molecule has 3 heteroatoms. The topological polar surface area (TPSA) is 38.5 Å². The molecule has 0 spiro atoms. The first-order valence-corrected chi connectivity index (χ1v) is 7.37. The minimum Gasteiger partial charge on any atom is -0.491 e. The fraction of sp³-hybridized carbons (Fsp3) is 0.625. The standard InChI is InChI=1S/C16H26N2O/c1-12(2)19-16-10-14(17)9-15(11-16)18-7-4-5-13(3)6-8-18/h9-13H,4-8,17H2,1-3H3. The van der Waals surface area contributed by atoms with Gasteiger partial charge in [-0.3, -0.25) is 0 Å². The third-order valence-electron chi connectivity index (χ3n) is 3.67. The van der Waals surface area contributed by atoms with Crippen LogP contribution < -0.4 is 15.4 Å². The van der Waals surface area contributed by atoms with E-state index in [0.717, 1.165) is 30.4 Å². The van der Waals surface area contributed by atoms with Crippen molar-refractivity contribution in [1.82, 2.24) is 0 Å². The Morgan fingerprint density at radius 1 is 1.21 bits per heavy atom. The molecule has 1 saturated heterocycles. The molecule has 1 aliphatic rings. The van der Waals surface area contributed by atoms with Crippen molar-refractivity contribution in [3.8, 4) is 5.75 Å². The van der Waals surface area contributed by atoms with Gasteiger partial charge in [-0.2, -0.15) is 0 Å². The van der Waals surface area contributed by atoms with Crippen molar-refractivity contribution in [1.29, 1.82) is 0 Å². The van der Waals surface area contributed by atoms with Crippen molar-refractivity contribution in [3.63, 3.8) is 0 Å². The molecule has 0 aliphatic carbocycles. The van der Waals surface area contributed by atoms with Crippen molar-refractivity contribution in [2.75, 3.05) is 23.7 Å². The molecular weight excluding hydrogens is 236 g/mol. The molecule has 0 radical (unpaired) electrons. The maximum Gasteiger partial charge on any atom is 0.123 e. The summed E-state index contributed by atoms with van der Waals surface area (Å²) >= 11 is 0. The summed E-state index contributed by atoms with van der Waals surface area (Å²) < 4.78 is 5.77. The second kappa shape index (κ2) is 6.18. The van der Waals surface area contributed by atoms with Gasteiger partial charge in [-0.1, -0.05) is 6.92 Å². The summed E-state index contributed by atoms with van der Waals surface area (Å²) in [5.74, 6) is 1.71. The van der Waals surface area contributed by atoms with Gasteiger partial charge in [0, 0.05) is 36.6 Å². The number of nitrogens with zero attached hydrogens (tertiary/aromatic N) is 1. The van der Waals surface area contributed by atoms with Crippen molar-refractivity contribution in [3.05, 3.63) is 18.2 Å². The Hall–Kier alpha value is -1.38. The van der Waals surface area contributed by atoms with Gasteiger partial charge >= 0.3 is 0 Å². The van der Waals surface area contributed by atoms with Gasteiger partial charge in [0.2, 0.25) is 0 Å². The smallest absolute Gasteiger partial charge is 0.123 e. The molecule has 1 aromatic rings. The summed E-state index contributed by atoms with van der Waals surface area (Å²) in [4.78, 5) is 2.44. The minimum atomic E-state index is 0.179. The first kappa shape index (κ1) is 14.0. The fourth-order valence-corrected chi connectivity index (χ4v) is 2.65. The molecule has 3 nitrogen and oxygen atoms in total. The Morgan fingerprint density at radius 3 is 2.74 bits per heavy atom. The van der Waals surface area contributed by atoms with Crippen molar-refractivity contribution in [2.45, 2.75) is 46.1 Å². The van der Waals surface area contributed by atoms with Crippen LogP contribution in [0.3, 0.4) is 0 Å². The van der Waals surface area contributed by atoms with E-state index < -0.39 is 0 Å². The van der Waals surface area contributed by atoms with E-state index in [2.05, 4.69) is 24.0 Å². The van der Waals surface area contributed by atoms with E-state index in [-0.39, 0.29) is 6.10 Å². The minimum absolute atomic E-state index is 0.179. The summed E-state index contributed by atoms with van der Waals surface area (Å²) in [5, 5.41) is 0. The van der Waals surface area contributed by atoms with Crippen LogP contribution in [-0.2, 0) is 0 Å². The van der Waals surface area contributed by atoms with Crippen LogP contribution in [0.4, 0.5) is 11.4 Å². The Kier molecular flexibility index (Phi) is 4.56. The molecule has 1 aliphatic heterocycles. The Bertz CT molecular complexity index is 417. The highest BCUT2D eigenvalue weighted by Crippen LogP contribution is 2.29. The lowest BCUT2D eigenvalue weighted by molar-refractivity contribution is 0.242. The van der Waals surface area contributed by atoms with Crippen LogP contribution in [0.5, 0.6) is 5.75 Å². The zero-order valence-corrected chi connectivity index (χ0v) is 12.4. The molecule has 106 valence electrons. The maximum atomic E-state index is 6.00. The Morgan fingerprint density at radius 2 is 2.00 bits per heavy atom. The van der Waals surface area contributed by atoms with Gasteiger partial charge < -0.3 is 15.4 Å². The predicted molar refractivity (Wildman–Crippen MR) is 81.8 cm³/mol. The maximum absolute atomic E-state index is 6.00. The summed E-state index contributed by atoms with van der Waals surface area (Å²) in [7, 11) is 0. The SMILES string of the molecule is CC1CCCN(c2cc(N)cc(OC(C)C)c2)CC1. The van der Waals surface area contributed by atoms with Crippen LogP contribution in [0.2, 0.25) is 0 Å². The number of nitrogens with two attached hydrogens (primary N) is 1. The van der Waals surface area contributed by atoms with Crippen LogP contribution in [0.15, 0.2) is 18.2 Å². The number of benzene rings is 1. The Labute approximate surface area is 116 Å². The molecule has 0 saturated carbocycles. The number of nitrogen functional groups attached to an aromatic ring is 1. The average molecular weight is 262 g/mol. The Balaban J connectivity index is 2.16. The third kappa shape index (κ3) is 4.05. The van der Waals surface area contributed by atoms with Crippen molar-refractivity contribution < 1.29 is 4.74 Å². The normalized spacial score (nSPS) is 20.4. The predicted octanol–water partition coefficient (Wildman–Crippen LogP) is 3.68. The van der Waals surface area contributed by atoms with Crippen molar-refractivity contribution >= 4 is 11.4 Å². The zero-order chi connectivity index (χ0) is 13.8. The molecule has 2 rings (SSSR count). The van der Waals surface area contributed by atoms with Crippen LogP contribution in [0.1, 0.15) is 40.0 Å². The van der Waals surface area contributed by atoms with E-state index in [1.165, 1.54) is 24.9 Å². The molecule has 19 heavy (non-hydrogen) atoms. The van der Waals surface area contributed by atoms with E-state index in [1.54, 1.807) is 0 Å². The number of hydrogen-bond donors (Lipinski definition) is 1. The molecule has 1 atom stereocenters. The fourth-order valence-electron chi connectivity index (χ4n) is 2.65. The molecule has 1 unspecified atom stereocenters. The van der Waals surface area contributed by atoms with Gasteiger partial charge in [0.1, 0.15) is 5.75 Å². The molecule has 1 heterocycles. The molecule has 0 amide bonds. The summed E-state index contributed by atoms with van der Waals surface area (Å²) in [6.45, 7) is 8.66. The van der Waals surface area contributed by atoms with E-state index in [0.29, 0.717) is 0 Å². The molecule has 1 aromatic carbocycles. The number of anilines is 2. The second-order valence-corrected chi connectivity index (χ2v) is 5.95. The van der Waals surface area contributed by atoms with Gasteiger partial charge in [0.25, 0.3) is 0 Å². The van der Waals surface area contributed by atoms with E-state index in [1.807, 2.05) is 19.9 Å². The molecular formula is C16H26N2O. The van der Waals surface area contributed by atoms with E-state index in [4.69, 9.17) is 10.5 Å². The van der Waals surface area contributed by atoms with Gasteiger partial charge in [-0.15, -0.1) is 0 Å². The molecule has 2 N–H and O–H groups in total. The lowest BCUT2D eigenvalue weighted by atomic mass is 10.0. The van der Waals surface area contributed by atoms with Crippen LogP contribution >= 0.6 is 0 Å². The van der Waals surface area contributed by atoms with E-state index >= 15 is 0 Å². The van der Waals surface area contributed by atoms with Gasteiger partial charge in [-0.05, 0) is 45.1 Å². The van der Waals surface area contributed by atoms with E-state index in [9.17, 15) is 0 Å². The second-order valence-electron chi connectivity index (χ2n) is 5.95. The van der Waals surface area contributed by atoms with Gasteiger partial charge in [0.15, 0.2) is 0 Å². The summed E-state index contributed by atoms with van der Waals surface area (Å²) in [6, 6.07) is 6.08. The first-order valence-electron chi connectivity index (χ1n) is 7.37. The largest absolute Gasteiger partial charge is 0.491 e. The van der Waals surface area contributed by atoms with Crippen molar-refractivity contribution in [2.24, 2.45) is 5.92 Å². The average Bonchev–Trinajstić information content (AvgIpc) is 2.52. The summed E-state index contributed by atoms with van der Waals surface area (Å²) in [5.41, 5.74) is 7.98. The zero-order valence-electron chi connectivity index (χ0n) is 12.4. The number of ether oxygens (including phenoxy) is 1. The highest BCUT2D eigenvalue weighted by Gasteiger charge is 2.15. The molecule has 0 aromatic heterocycles. The quantitative estimate of drug-likeness (QED) is 0.844. The third-order valence-corrected chi connectivity index (χ3v) is 3.67. The summed E-state index contributed by atoms with van der Waals surface area (Å²) in [6.07, 6.45) is 4.03. The van der Waals surface area contributed by atoms with Crippen LogP contribution in [0.25, 0.3) is 0 Å².